The van der Waals surface area contributed by atoms with Crippen LogP contribution < -0.4 is 5.32 Å². The molecule has 0 bridgehead atoms. The summed E-state index contributed by atoms with van der Waals surface area (Å²) in [6, 6.07) is 0. The zero-order valence-electron chi connectivity index (χ0n) is 11.7. The van der Waals surface area contributed by atoms with Gasteiger partial charge in [-0.05, 0) is 32.1 Å². The molecule has 1 aliphatic carbocycles. The molecular weight excluding hydrogens is 262 g/mol. The van der Waals surface area contributed by atoms with Crippen LogP contribution in [0.3, 0.4) is 0 Å². The zero-order chi connectivity index (χ0) is 13.5. The largest absolute Gasteiger partial charge is 0.381 e. The summed E-state index contributed by atoms with van der Waals surface area (Å²) in [5.41, 5.74) is 0. The van der Waals surface area contributed by atoms with E-state index in [1.165, 1.54) is 6.42 Å². The maximum absolute atomic E-state index is 5.92. The van der Waals surface area contributed by atoms with Gasteiger partial charge in [-0.3, -0.25) is 0 Å². The highest BCUT2D eigenvalue weighted by Crippen LogP contribution is 2.24. The third kappa shape index (κ3) is 4.71. The van der Waals surface area contributed by atoms with E-state index in [1.807, 2.05) is 0 Å². The predicted molar refractivity (Wildman–Crippen MR) is 76.5 cm³/mol. The summed E-state index contributed by atoms with van der Waals surface area (Å²) in [6.07, 6.45) is 6.20. The highest BCUT2D eigenvalue weighted by molar-refractivity contribution is 7.15. The lowest BCUT2D eigenvalue weighted by Gasteiger charge is -2.27. The van der Waals surface area contributed by atoms with Crippen molar-refractivity contribution in [2.45, 2.75) is 57.8 Å². The summed E-state index contributed by atoms with van der Waals surface area (Å²) in [6.45, 7) is 3.63. The minimum atomic E-state index is 0.301. The molecule has 0 aromatic carbocycles. The van der Waals surface area contributed by atoms with Gasteiger partial charge in [-0.15, -0.1) is 10.2 Å². The van der Waals surface area contributed by atoms with E-state index in [-0.39, 0.29) is 0 Å². The molecule has 1 aromatic heterocycles. The van der Waals surface area contributed by atoms with Gasteiger partial charge in [0.05, 0.1) is 12.2 Å². The summed E-state index contributed by atoms with van der Waals surface area (Å²) in [7, 11) is 1.78. The van der Waals surface area contributed by atoms with Crippen LogP contribution >= 0.6 is 11.3 Å². The summed E-state index contributed by atoms with van der Waals surface area (Å²) in [4.78, 5) is 0. The van der Waals surface area contributed by atoms with E-state index in [9.17, 15) is 0 Å². The van der Waals surface area contributed by atoms with Crippen LogP contribution in [0.5, 0.6) is 0 Å². The molecule has 1 aromatic rings. The zero-order valence-corrected chi connectivity index (χ0v) is 12.5. The standard InChI is InChI=1S/C13H23N3O2S/c1-3-7-14-13-16-15-12(19-13)9-18-11-6-4-5-10(8-11)17-2/h10-11H,3-9H2,1-2H3,(H,14,16). The molecule has 0 aliphatic heterocycles. The lowest BCUT2D eigenvalue weighted by atomic mass is 9.95. The van der Waals surface area contributed by atoms with E-state index in [0.717, 1.165) is 42.4 Å². The van der Waals surface area contributed by atoms with Crippen LogP contribution in [0.1, 0.15) is 44.0 Å². The molecule has 1 heterocycles. The lowest BCUT2D eigenvalue weighted by Crippen LogP contribution is -2.27. The van der Waals surface area contributed by atoms with E-state index in [2.05, 4.69) is 22.4 Å². The van der Waals surface area contributed by atoms with Crippen molar-refractivity contribution in [3.63, 3.8) is 0 Å². The van der Waals surface area contributed by atoms with Gasteiger partial charge in [-0.1, -0.05) is 18.3 Å². The van der Waals surface area contributed by atoms with E-state index in [1.54, 1.807) is 18.4 Å². The second-order valence-electron chi connectivity index (χ2n) is 4.89. The Hall–Kier alpha value is -0.720. The molecule has 2 atom stereocenters. The lowest BCUT2D eigenvalue weighted by molar-refractivity contribution is -0.0364. The average molecular weight is 285 g/mol. The first kappa shape index (κ1) is 14.7. The van der Waals surface area contributed by atoms with Crippen LogP contribution in [-0.2, 0) is 16.1 Å². The summed E-state index contributed by atoms with van der Waals surface area (Å²) in [5, 5.41) is 13.3. The van der Waals surface area contributed by atoms with Gasteiger partial charge in [0, 0.05) is 13.7 Å². The van der Waals surface area contributed by atoms with Crippen LogP contribution in [0.15, 0.2) is 0 Å². The fourth-order valence-corrected chi connectivity index (χ4v) is 2.96. The molecule has 1 N–H and O–H groups in total. The Kier molecular flexibility index (Phi) is 6.00. The van der Waals surface area contributed by atoms with Crippen LogP contribution in [0.25, 0.3) is 0 Å². The van der Waals surface area contributed by atoms with Crippen molar-refractivity contribution in [3.8, 4) is 0 Å². The molecule has 1 fully saturated rings. The first-order chi connectivity index (χ1) is 9.31. The molecule has 1 aliphatic rings. The fraction of sp³-hybridized carbons (Fsp3) is 0.846. The van der Waals surface area contributed by atoms with Gasteiger partial charge in [0.1, 0.15) is 11.6 Å². The number of anilines is 1. The molecule has 0 saturated heterocycles. The Labute approximate surface area is 118 Å². The van der Waals surface area contributed by atoms with E-state index >= 15 is 0 Å². The molecule has 0 spiro atoms. The first-order valence-corrected chi connectivity index (χ1v) is 7.84. The Bertz CT molecular complexity index is 373. The first-order valence-electron chi connectivity index (χ1n) is 7.02. The van der Waals surface area contributed by atoms with Crippen molar-refractivity contribution in [1.29, 1.82) is 0 Å². The SMILES string of the molecule is CCCNc1nnc(COC2CCCC(OC)C2)s1. The van der Waals surface area contributed by atoms with Gasteiger partial charge in [0.25, 0.3) is 0 Å². The van der Waals surface area contributed by atoms with Gasteiger partial charge >= 0.3 is 0 Å². The second-order valence-corrected chi connectivity index (χ2v) is 5.95. The van der Waals surface area contributed by atoms with Crippen molar-refractivity contribution < 1.29 is 9.47 Å². The Morgan fingerprint density at radius 3 is 2.95 bits per heavy atom. The maximum Gasteiger partial charge on any atom is 0.205 e. The topological polar surface area (TPSA) is 56.3 Å². The fourth-order valence-electron chi connectivity index (χ4n) is 2.27. The number of methoxy groups -OCH3 is 1. The third-order valence-electron chi connectivity index (χ3n) is 3.35. The van der Waals surface area contributed by atoms with Crippen molar-refractivity contribution in [2.75, 3.05) is 19.0 Å². The van der Waals surface area contributed by atoms with Gasteiger partial charge < -0.3 is 14.8 Å². The molecule has 108 valence electrons. The Morgan fingerprint density at radius 1 is 1.32 bits per heavy atom. The highest BCUT2D eigenvalue weighted by atomic mass is 32.1. The second kappa shape index (κ2) is 7.77. The van der Waals surface area contributed by atoms with Crippen molar-refractivity contribution in [1.82, 2.24) is 10.2 Å². The van der Waals surface area contributed by atoms with Gasteiger partial charge in [0.2, 0.25) is 5.13 Å². The molecule has 1 saturated carbocycles. The summed E-state index contributed by atoms with van der Waals surface area (Å²) < 4.78 is 11.3. The molecule has 5 nitrogen and oxygen atoms in total. The van der Waals surface area contributed by atoms with Gasteiger partial charge in [-0.2, -0.15) is 0 Å². The Morgan fingerprint density at radius 2 is 2.16 bits per heavy atom. The summed E-state index contributed by atoms with van der Waals surface area (Å²) in [5.74, 6) is 0. The number of rotatable bonds is 7. The third-order valence-corrected chi connectivity index (χ3v) is 4.20. The van der Waals surface area contributed by atoms with Crippen LogP contribution in [-0.4, -0.2) is 36.1 Å². The molecule has 0 amide bonds. The molecule has 2 unspecified atom stereocenters. The number of hydrogen-bond acceptors (Lipinski definition) is 6. The van der Waals surface area contributed by atoms with Gasteiger partial charge in [0.15, 0.2) is 0 Å². The van der Waals surface area contributed by atoms with E-state index in [4.69, 9.17) is 9.47 Å². The van der Waals surface area contributed by atoms with E-state index in [0.29, 0.717) is 18.8 Å². The molecule has 0 radical (unpaired) electrons. The minimum Gasteiger partial charge on any atom is -0.381 e. The number of nitrogens with zero attached hydrogens (tertiary/aromatic N) is 2. The normalized spacial score (nSPS) is 23.5. The number of nitrogens with one attached hydrogen (secondary N) is 1. The van der Waals surface area contributed by atoms with Crippen molar-refractivity contribution in [2.24, 2.45) is 0 Å². The van der Waals surface area contributed by atoms with Crippen molar-refractivity contribution >= 4 is 16.5 Å². The van der Waals surface area contributed by atoms with Crippen molar-refractivity contribution in [3.05, 3.63) is 5.01 Å². The quantitative estimate of drug-likeness (QED) is 0.835. The number of hydrogen-bond donors (Lipinski definition) is 1. The number of aromatic nitrogens is 2. The average Bonchev–Trinajstić information content (AvgIpc) is 2.91. The summed E-state index contributed by atoms with van der Waals surface area (Å²) >= 11 is 1.58. The van der Waals surface area contributed by atoms with E-state index < -0.39 is 0 Å². The van der Waals surface area contributed by atoms with Crippen LogP contribution in [0, 0.1) is 0 Å². The van der Waals surface area contributed by atoms with Crippen LogP contribution in [0.4, 0.5) is 5.13 Å². The molecule has 2 rings (SSSR count). The Balaban J connectivity index is 1.73. The minimum absolute atomic E-state index is 0.301. The predicted octanol–water partition coefficient (Wildman–Crippen LogP) is 2.83. The van der Waals surface area contributed by atoms with Gasteiger partial charge in [-0.25, -0.2) is 0 Å². The van der Waals surface area contributed by atoms with Crippen LogP contribution in [0.2, 0.25) is 0 Å². The molecule has 6 heteroatoms. The highest BCUT2D eigenvalue weighted by Gasteiger charge is 2.22. The number of ether oxygens (including phenoxy) is 2. The maximum atomic E-state index is 5.92. The monoisotopic (exact) mass is 285 g/mol. The smallest absolute Gasteiger partial charge is 0.205 e. The molecule has 19 heavy (non-hydrogen) atoms. The molecular formula is C13H23N3O2S.